The number of halogens is 2. The molecular weight excluding hydrogens is 229 g/mol. The first-order valence-electron chi connectivity index (χ1n) is 4.63. The summed E-state index contributed by atoms with van der Waals surface area (Å²) in [4.78, 5) is 9.72. The topological polar surface area (TPSA) is 29.0 Å². The summed E-state index contributed by atoms with van der Waals surface area (Å²) in [7, 11) is 1.77. The quantitative estimate of drug-likeness (QED) is 0.804. The average molecular weight is 238 g/mol. The van der Waals surface area contributed by atoms with Crippen LogP contribution in [-0.4, -0.2) is 17.0 Å². The van der Waals surface area contributed by atoms with E-state index in [2.05, 4.69) is 9.97 Å². The predicted molar refractivity (Wildman–Crippen MR) is 61.5 cm³/mol. The van der Waals surface area contributed by atoms with Gasteiger partial charge in [-0.2, -0.15) is 0 Å². The molecule has 0 saturated carbocycles. The van der Waals surface area contributed by atoms with Crippen LogP contribution in [-0.2, 0) is 0 Å². The molecule has 5 heteroatoms. The molecule has 1 heterocycles. The number of nitrogens with zero attached hydrogens (tertiary/aromatic N) is 3. The first-order valence-corrected chi connectivity index (χ1v) is 5.01. The summed E-state index contributed by atoms with van der Waals surface area (Å²) >= 11 is 5.73. The highest BCUT2D eigenvalue weighted by Gasteiger charge is 2.06. The summed E-state index contributed by atoms with van der Waals surface area (Å²) < 4.78 is 13.0. The minimum atomic E-state index is -0.292. The van der Waals surface area contributed by atoms with E-state index in [0.29, 0.717) is 16.7 Å². The van der Waals surface area contributed by atoms with Crippen molar-refractivity contribution in [1.82, 2.24) is 9.97 Å². The van der Waals surface area contributed by atoms with Crippen LogP contribution in [0.2, 0.25) is 5.15 Å². The van der Waals surface area contributed by atoms with E-state index in [4.69, 9.17) is 11.6 Å². The second kappa shape index (κ2) is 4.45. The van der Waals surface area contributed by atoms with Gasteiger partial charge in [0.25, 0.3) is 0 Å². The van der Waals surface area contributed by atoms with E-state index in [9.17, 15) is 4.39 Å². The first kappa shape index (κ1) is 10.8. The minimum absolute atomic E-state index is 0.292. The summed E-state index contributed by atoms with van der Waals surface area (Å²) in [5.41, 5.74) is 0.691. The molecule has 82 valence electrons. The molecule has 0 saturated heterocycles. The van der Waals surface area contributed by atoms with Gasteiger partial charge in [-0.15, -0.1) is 0 Å². The molecule has 0 N–H and O–H groups in total. The number of benzene rings is 1. The minimum Gasteiger partial charge on any atom is -0.328 e. The summed E-state index contributed by atoms with van der Waals surface area (Å²) in [5, 5.41) is 0.306. The largest absolute Gasteiger partial charge is 0.328 e. The Morgan fingerprint density at radius 2 is 2.12 bits per heavy atom. The molecule has 0 amide bonds. The van der Waals surface area contributed by atoms with E-state index in [1.807, 2.05) is 0 Å². The fourth-order valence-corrected chi connectivity index (χ4v) is 1.45. The molecule has 1 aromatic heterocycles. The van der Waals surface area contributed by atoms with Crippen molar-refractivity contribution in [3.05, 3.63) is 47.6 Å². The Morgan fingerprint density at radius 1 is 1.31 bits per heavy atom. The fourth-order valence-electron chi connectivity index (χ4n) is 1.31. The van der Waals surface area contributed by atoms with E-state index in [0.717, 1.165) is 0 Å². The number of aromatic nitrogens is 2. The van der Waals surface area contributed by atoms with Gasteiger partial charge in [-0.05, 0) is 18.2 Å². The second-order valence-electron chi connectivity index (χ2n) is 3.24. The highest BCUT2D eigenvalue weighted by molar-refractivity contribution is 6.29. The van der Waals surface area contributed by atoms with E-state index >= 15 is 0 Å². The molecule has 0 spiro atoms. The van der Waals surface area contributed by atoms with Crippen LogP contribution in [0.1, 0.15) is 0 Å². The van der Waals surface area contributed by atoms with Gasteiger partial charge in [0.05, 0.1) is 12.4 Å². The highest BCUT2D eigenvalue weighted by Crippen LogP contribution is 2.22. The van der Waals surface area contributed by atoms with Crippen molar-refractivity contribution < 1.29 is 4.39 Å². The summed E-state index contributed by atoms with van der Waals surface area (Å²) in [6.07, 6.45) is 3.02. The summed E-state index contributed by atoms with van der Waals surface area (Å²) in [6, 6.07) is 6.23. The third kappa shape index (κ3) is 2.28. The molecule has 0 atom stereocenters. The van der Waals surface area contributed by atoms with Crippen LogP contribution in [0.4, 0.5) is 15.9 Å². The normalized spacial score (nSPS) is 10.2. The lowest BCUT2D eigenvalue weighted by molar-refractivity contribution is 0.628. The van der Waals surface area contributed by atoms with Crippen LogP contribution in [0.15, 0.2) is 36.7 Å². The third-order valence-electron chi connectivity index (χ3n) is 2.13. The van der Waals surface area contributed by atoms with E-state index in [-0.39, 0.29) is 5.82 Å². The molecule has 1 aromatic carbocycles. The molecule has 0 bridgehead atoms. The van der Waals surface area contributed by atoms with Crippen molar-refractivity contribution in [1.29, 1.82) is 0 Å². The second-order valence-corrected chi connectivity index (χ2v) is 3.63. The maximum absolute atomic E-state index is 13.0. The van der Waals surface area contributed by atoms with E-state index < -0.39 is 0 Å². The van der Waals surface area contributed by atoms with Gasteiger partial charge in [0, 0.05) is 12.7 Å². The monoisotopic (exact) mass is 237 g/mol. The Kier molecular flexibility index (Phi) is 3.01. The zero-order valence-corrected chi connectivity index (χ0v) is 9.32. The van der Waals surface area contributed by atoms with Crippen molar-refractivity contribution in [2.24, 2.45) is 0 Å². The molecule has 2 rings (SSSR count). The van der Waals surface area contributed by atoms with Crippen molar-refractivity contribution in [2.75, 3.05) is 11.9 Å². The van der Waals surface area contributed by atoms with Gasteiger partial charge in [0.2, 0.25) is 0 Å². The first-order chi connectivity index (χ1) is 7.66. The zero-order chi connectivity index (χ0) is 11.5. The molecule has 0 fully saturated rings. The number of hydrogen-bond donors (Lipinski definition) is 0. The maximum Gasteiger partial charge on any atom is 0.153 e. The highest BCUT2D eigenvalue weighted by atomic mass is 35.5. The Labute approximate surface area is 97.5 Å². The number of rotatable bonds is 2. The van der Waals surface area contributed by atoms with Gasteiger partial charge < -0.3 is 4.90 Å². The van der Waals surface area contributed by atoms with Crippen LogP contribution in [0.5, 0.6) is 0 Å². The zero-order valence-electron chi connectivity index (χ0n) is 8.56. The molecule has 16 heavy (non-hydrogen) atoms. The lowest BCUT2D eigenvalue weighted by Gasteiger charge is -2.17. The van der Waals surface area contributed by atoms with Gasteiger partial charge >= 0.3 is 0 Å². The SMILES string of the molecule is CN(c1cccc(F)c1)c1cncc(Cl)n1. The van der Waals surface area contributed by atoms with Crippen molar-refractivity contribution in [2.45, 2.75) is 0 Å². The lowest BCUT2D eigenvalue weighted by Crippen LogP contribution is -2.11. The maximum atomic E-state index is 13.0. The average Bonchev–Trinajstić information content (AvgIpc) is 2.28. The predicted octanol–water partition coefficient (Wildman–Crippen LogP) is 3.04. The molecule has 0 radical (unpaired) electrons. The summed E-state index contributed by atoms with van der Waals surface area (Å²) in [6.45, 7) is 0. The van der Waals surface area contributed by atoms with Crippen molar-refractivity contribution in [3.8, 4) is 0 Å². The standard InChI is InChI=1S/C11H9ClFN3/c1-16(9-4-2-3-8(13)5-9)11-7-14-6-10(12)15-11/h2-7H,1H3. The van der Waals surface area contributed by atoms with E-state index in [1.54, 1.807) is 30.3 Å². The van der Waals surface area contributed by atoms with Crippen LogP contribution < -0.4 is 4.90 Å². The molecular formula is C11H9ClFN3. The van der Waals surface area contributed by atoms with Crippen LogP contribution in [0.25, 0.3) is 0 Å². The van der Waals surface area contributed by atoms with Gasteiger partial charge in [0.15, 0.2) is 5.82 Å². The van der Waals surface area contributed by atoms with Gasteiger partial charge in [-0.25, -0.2) is 9.37 Å². The van der Waals surface area contributed by atoms with Gasteiger partial charge in [-0.3, -0.25) is 4.98 Å². The number of anilines is 2. The third-order valence-corrected chi connectivity index (χ3v) is 2.31. The Morgan fingerprint density at radius 3 is 2.81 bits per heavy atom. The van der Waals surface area contributed by atoms with Crippen LogP contribution in [0, 0.1) is 5.82 Å². The van der Waals surface area contributed by atoms with Gasteiger partial charge in [-0.1, -0.05) is 17.7 Å². The van der Waals surface area contributed by atoms with E-state index in [1.165, 1.54) is 18.3 Å². The summed E-state index contributed by atoms with van der Waals surface area (Å²) in [5.74, 6) is 0.275. The Bertz CT molecular complexity index is 459. The molecule has 0 aliphatic heterocycles. The lowest BCUT2D eigenvalue weighted by atomic mass is 10.3. The molecule has 0 unspecified atom stereocenters. The van der Waals surface area contributed by atoms with Crippen LogP contribution >= 0.6 is 11.6 Å². The molecule has 0 aliphatic carbocycles. The molecule has 3 nitrogen and oxygen atoms in total. The smallest absolute Gasteiger partial charge is 0.153 e. The Hall–Kier alpha value is -1.68. The number of hydrogen-bond acceptors (Lipinski definition) is 3. The van der Waals surface area contributed by atoms with Crippen LogP contribution in [0.3, 0.4) is 0 Å². The van der Waals surface area contributed by atoms with Gasteiger partial charge in [0.1, 0.15) is 11.0 Å². The van der Waals surface area contributed by atoms with Crippen molar-refractivity contribution >= 4 is 23.1 Å². The molecule has 2 aromatic rings. The van der Waals surface area contributed by atoms with Crippen molar-refractivity contribution in [3.63, 3.8) is 0 Å². The molecule has 0 aliphatic rings. The fraction of sp³-hybridized carbons (Fsp3) is 0.0909. The Balaban J connectivity index is 2.35.